The molecule has 0 aromatic heterocycles. The molecule has 0 bridgehead atoms. The Balaban J connectivity index is 1.18. The van der Waals surface area contributed by atoms with Crippen molar-refractivity contribution in [3.05, 3.63) is 57.6 Å². The van der Waals surface area contributed by atoms with Crippen molar-refractivity contribution in [1.82, 2.24) is 4.90 Å². The number of anilines is 1. The first kappa shape index (κ1) is 20.5. The summed E-state index contributed by atoms with van der Waals surface area (Å²) in [7, 11) is 0. The molecule has 0 radical (unpaired) electrons. The number of hydrogen-bond acceptors (Lipinski definition) is 4. The third kappa shape index (κ3) is 5.25. The van der Waals surface area contributed by atoms with Crippen molar-refractivity contribution in [2.75, 3.05) is 44.2 Å². The van der Waals surface area contributed by atoms with Crippen LogP contribution in [0.25, 0.3) is 0 Å². The quantitative estimate of drug-likeness (QED) is 0.556. The molecule has 154 valence electrons. The first-order valence-corrected chi connectivity index (χ1v) is 11.1. The van der Waals surface area contributed by atoms with Crippen LogP contribution < -0.4 is 9.64 Å². The zero-order valence-electron chi connectivity index (χ0n) is 16.6. The smallest absolute Gasteiger partial charge is 0.119 e. The molecule has 0 aliphatic carbocycles. The molecule has 6 heteroatoms. The molecule has 29 heavy (non-hydrogen) atoms. The predicted molar refractivity (Wildman–Crippen MR) is 122 cm³/mol. The van der Waals surface area contributed by atoms with Crippen molar-refractivity contribution >= 4 is 35.1 Å². The van der Waals surface area contributed by atoms with E-state index in [0.717, 1.165) is 76.6 Å². The summed E-state index contributed by atoms with van der Waals surface area (Å²) < 4.78 is 5.94. The second kappa shape index (κ2) is 9.84. The van der Waals surface area contributed by atoms with E-state index in [1.165, 1.54) is 11.1 Å². The van der Waals surface area contributed by atoms with Crippen molar-refractivity contribution in [3.8, 4) is 5.75 Å². The number of ether oxygens (including phenoxy) is 1. The summed E-state index contributed by atoms with van der Waals surface area (Å²) in [5, 5.41) is 1.29. The SMILES string of the molecule is Clc1cccc(N2CCCN(CCCCOc3ccc4c(c3)CN=C4)CC2)c1Cl. The predicted octanol–water partition coefficient (Wildman–Crippen LogP) is 5.30. The maximum Gasteiger partial charge on any atom is 0.119 e. The molecule has 2 aliphatic heterocycles. The second-order valence-corrected chi connectivity index (χ2v) is 8.43. The molecular weight excluding hydrogens is 405 g/mol. The van der Waals surface area contributed by atoms with Crippen LogP contribution >= 0.6 is 23.2 Å². The standard InChI is InChI=1S/C23H27Cl2N3O/c24-21-5-3-6-22(23(21)25)28-11-4-10-27(12-13-28)9-1-2-14-29-20-8-7-18-16-26-17-19(18)15-20/h3,5-8,15-16H,1-2,4,9-14,17H2. The Kier molecular flexibility index (Phi) is 6.96. The largest absolute Gasteiger partial charge is 0.494 e. The number of nitrogens with zero attached hydrogens (tertiary/aromatic N) is 3. The lowest BCUT2D eigenvalue weighted by molar-refractivity contribution is 0.261. The third-order valence-corrected chi connectivity index (χ3v) is 6.41. The summed E-state index contributed by atoms with van der Waals surface area (Å²) in [5.41, 5.74) is 3.53. The van der Waals surface area contributed by atoms with Gasteiger partial charge in [0.05, 0.1) is 28.9 Å². The maximum absolute atomic E-state index is 6.41. The fourth-order valence-electron chi connectivity index (χ4n) is 3.98. The first-order chi connectivity index (χ1) is 14.2. The van der Waals surface area contributed by atoms with Gasteiger partial charge in [0.1, 0.15) is 5.75 Å². The topological polar surface area (TPSA) is 28.1 Å². The summed E-state index contributed by atoms with van der Waals surface area (Å²) in [6, 6.07) is 12.1. The molecule has 1 fully saturated rings. The normalized spacial score (nSPS) is 16.7. The van der Waals surface area contributed by atoms with Gasteiger partial charge in [-0.15, -0.1) is 0 Å². The van der Waals surface area contributed by atoms with E-state index in [0.29, 0.717) is 10.0 Å². The van der Waals surface area contributed by atoms with Gasteiger partial charge in [-0.3, -0.25) is 4.99 Å². The van der Waals surface area contributed by atoms with Gasteiger partial charge in [0.25, 0.3) is 0 Å². The van der Waals surface area contributed by atoms with Gasteiger partial charge < -0.3 is 14.5 Å². The lowest BCUT2D eigenvalue weighted by atomic mass is 10.1. The Hall–Kier alpha value is -1.75. The number of benzene rings is 2. The van der Waals surface area contributed by atoms with Crippen LogP contribution in [0.2, 0.25) is 10.0 Å². The second-order valence-electron chi connectivity index (χ2n) is 7.64. The van der Waals surface area contributed by atoms with Crippen LogP contribution in [0.1, 0.15) is 30.4 Å². The minimum absolute atomic E-state index is 0.626. The van der Waals surface area contributed by atoms with Crippen LogP contribution in [0, 0.1) is 0 Å². The lowest BCUT2D eigenvalue weighted by Gasteiger charge is -2.25. The summed E-state index contributed by atoms with van der Waals surface area (Å²) in [4.78, 5) is 9.19. The number of fused-ring (bicyclic) bond motifs is 1. The molecule has 1 saturated heterocycles. The molecular formula is C23H27Cl2N3O. The molecule has 2 aromatic carbocycles. The average molecular weight is 432 g/mol. The fraction of sp³-hybridized carbons (Fsp3) is 0.435. The lowest BCUT2D eigenvalue weighted by Crippen LogP contribution is -2.31. The highest BCUT2D eigenvalue weighted by molar-refractivity contribution is 6.43. The number of unbranched alkanes of at least 4 members (excludes halogenated alkanes) is 1. The van der Waals surface area contributed by atoms with E-state index in [-0.39, 0.29) is 0 Å². The first-order valence-electron chi connectivity index (χ1n) is 10.4. The van der Waals surface area contributed by atoms with Crippen molar-refractivity contribution < 1.29 is 4.74 Å². The van der Waals surface area contributed by atoms with E-state index in [1.807, 2.05) is 24.4 Å². The van der Waals surface area contributed by atoms with Gasteiger partial charge >= 0.3 is 0 Å². The van der Waals surface area contributed by atoms with Crippen LogP contribution in [0.15, 0.2) is 41.4 Å². The zero-order chi connectivity index (χ0) is 20.1. The molecule has 0 unspecified atom stereocenters. The zero-order valence-corrected chi connectivity index (χ0v) is 18.1. The molecule has 0 N–H and O–H groups in total. The average Bonchev–Trinajstić information content (AvgIpc) is 3.07. The number of rotatable bonds is 7. The molecule has 2 aromatic rings. The molecule has 0 amide bonds. The molecule has 2 aliphatic rings. The highest BCUT2D eigenvalue weighted by atomic mass is 35.5. The maximum atomic E-state index is 6.41. The summed E-state index contributed by atoms with van der Waals surface area (Å²) in [6.07, 6.45) is 5.28. The van der Waals surface area contributed by atoms with Gasteiger partial charge in [-0.2, -0.15) is 0 Å². The Bertz CT molecular complexity index is 871. The molecule has 4 rings (SSSR count). The van der Waals surface area contributed by atoms with Gasteiger partial charge in [-0.1, -0.05) is 29.3 Å². The monoisotopic (exact) mass is 431 g/mol. The fourth-order valence-corrected chi connectivity index (χ4v) is 4.39. The molecule has 4 nitrogen and oxygen atoms in total. The van der Waals surface area contributed by atoms with E-state index >= 15 is 0 Å². The number of halogens is 2. The minimum Gasteiger partial charge on any atom is -0.494 e. The molecule has 0 saturated carbocycles. The van der Waals surface area contributed by atoms with Gasteiger partial charge in [0.2, 0.25) is 0 Å². The van der Waals surface area contributed by atoms with Crippen molar-refractivity contribution in [3.63, 3.8) is 0 Å². The molecule has 2 heterocycles. The van der Waals surface area contributed by atoms with Gasteiger partial charge in [0.15, 0.2) is 0 Å². The van der Waals surface area contributed by atoms with Gasteiger partial charge in [-0.25, -0.2) is 0 Å². The van der Waals surface area contributed by atoms with E-state index in [9.17, 15) is 0 Å². The summed E-state index contributed by atoms with van der Waals surface area (Å²) in [6.45, 7) is 6.82. The van der Waals surface area contributed by atoms with Crippen LogP contribution in [0.4, 0.5) is 5.69 Å². The van der Waals surface area contributed by atoms with Crippen LogP contribution in [-0.2, 0) is 6.54 Å². The Morgan fingerprint density at radius 1 is 1.00 bits per heavy atom. The van der Waals surface area contributed by atoms with Crippen molar-refractivity contribution in [1.29, 1.82) is 0 Å². The third-order valence-electron chi connectivity index (χ3n) is 5.60. The van der Waals surface area contributed by atoms with E-state index < -0.39 is 0 Å². The van der Waals surface area contributed by atoms with E-state index in [1.54, 1.807) is 0 Å². The minimum atomic E-state index is 0.626. The van der Waals surface area contributed by atoms with Gasteiger partial charge in [-0.05, 0) is 73.8 Å². The van der Waals surface area contributed by atoms with Crippen LogP contribution in [0.3, 0.4) is 0 Å². The molecule has 0 atom stereocenters. The summed E-state index contributed by atoms with van der Waals surface area (Å²) >= 11 is 12.6. The Morgan fingerprint density at radius 2 is 1.93 bits per heavy atom. The van der Waals surface area contributed by atoms with Crippen LogP contribution in [0.5, 0.6) is 5.75 Å². The Labute approximate surface area is 183 Å². The van der Waals surface area contributed by atoms with Gasteiger partial charge in [0, 0.05) is 25.8 Å². The van der Waals surface area contributed by atoms with Crippen molar-refractivity contribution in [2.45, 2.75) is 25.8 Å². The van der Waals surface area contributed by atoms with E-state index in [2.05, 4.69) is 33.0 Å². The molecule has 0 spiro atoms. The highest BCUT2D eigenvalue weighted by Gasteiger charge is 2.17. The van der Waals surface area contributed by atoms with Crippen molar-refractivity contribution in [2.24, 2.45) is 4.99 Å². The Morgan fingerprint density at radius 3 is 2.86 bits per heavy atom. The number of aliphatic imine (C=N–C) groups is 1. The van der Waals surface area contributed by atoms with E-state index in [4.69, 9.17) is 27.9 Å². The highest BCUT2D eigenvalue weighted by Crippen LogP contribution is 2.32. The van der Waals surface area contributed by atoms with Crippen LogP contribution in [-0.4, -0.2) is 50.4 Å². The number of hydrogen-bond donors (Lipinski definition) is 0. The summed E-state index contributed by atoms with van der Waals surface area (Å²) in [5.74, 6) is 0.957.